The molecule has 2 N–H and O–H groups in total. The molecule has 0 amide bonds. The van der Waals surface area contributed by atoms with Gasteiger partial charge in [0.2, 0.25) is 0 Å². The quantitative estimate of drug-likeness (QED) is 0.365. The largest absolute Gasteiger partial charge is 0.480 e. The predicted octanol–water partition coefficient (Wildman–Crippen LogP) is 5.67. The summed E-state index contributed by atoms with van der Waals surface area (Å²) in [7, 11) is 0. The van der Waals surface area contributed by atoms with E-state index in [1.165, 1.54) is 32.0 Å². The van der Waals surface area contributed by atoms with Crippen molar-refractivity contribution in [2.24, 2.45) is 0 Å². The maximum absolute atomic E-state index is 14.0. The molecule has 0 aliphatic heterocycles. The van der Waals surface area contributed by atoms with Gasteiger partial charge in [0.1, 0.15) is 23.5 Å². The number of fused-ring (bicyclic) bond motifs is 1. The predicted molar refractivity (Wildman–Crippen MR) is 128 cm³/mol. The van der Waals surface area contributed by atoms with Crippen LogP contribution in [0.2, 0.25) is 0 Å². The number of nitrogens with one attached hydrogen (secondary N) is 1. The van der Waals surface area contributed by atoms with E-state index in [-0.39, 0.29) is 17.0 Å². The number of carboxylic acid groups (broad SMARTS) is 1. The second-order valence-electron chi connectivity index (χ2n) is 7.90. The van der Waals surface area contributed by atoms with Crippen molar-refractivity contribution in [2.75, 3.05) is 5.32 Å². The van der Waals surface area contributed by atoms with Gasteiger partial charge >= 0.3 is 5.97 Å². The smallest absolute Gasteiger partial charge is 0.325 e. The summed E-state index contributed by atoms with van der Waals surface area (Å²) in [6.07, 6.45) is 0. The molecule has 0 aliphatic carbocycles. The zero-order valence-corrected chi connectivity index (χ0v) is 18.5. The molecule has 34 heavy (non-hydrogen) atoms. The molecule has 1 heterocycles. The van der Waals surface area contributed by atoms with E-state index >= 15 is 0 Å². The number of carbonyl (C=O) groups excluding carboxylic acids is 1. The van der Waals surface area contributed by atoms with E-state index in [2.05, 4.69) is 16.4 Å². The van der Waals surface area contributed by atoms with Crippen molar-refractivity contribution in [1.29, 1.82) is 5.26 Å². The lowest BCUT2D eigenvalue weighted by atomic mass is 9.97. The molecule has 4 aromatic rings. The van der Waals surface area contributed by atoms with Gasteiger partial charge in [0.25, 0.3) is 0 Å². The van der Waals surface area contributed by atoms with Crippen LogP contribution in [0.4, 0.5) is 10.1 Å². The number of aliphatic carboxylic acids is 1. The SMILES string of the molecule is CC(=O)c1cccc(-c2ccc(-c3nc4ccc(F)cc4c(NC(C)C(=O)O)c3C#N)cc2)c1. The van der Waals surface area contributed by atoms with Crippen molar-refractivity contribution in [3.8, 4) is 28.5 Å². The molecule has 0 aliphatic rings. The number of pyridine rings is 1. The first-order valence-corrected chi connectivity index (χ1v) is 10.5. The average molecular weight is 453 g/mol. The van der Waals surface area contributed by atoms with Crippen LogP contribution in [-0.4, -0.2) is 27.9 Å². The summed E-state index contributed by atoms with van der Waals surface area (Å²) in [6, 6.07) is 19.7. The van der Waals surface area contributed by atoms with Gasteiger partial charge in [-0.1, -0.05) is 42.5 Å². The van der Waals surface area contributed by atoms with Gasteiger partial charge in [-0.3, -0.25) is 9.59 Å². The van der Waals surface area contributed by atoms with E-state index < -0.39 is 17.8 Å². The summed E-state index contributed by atoms with van der Waals surface area (Å²) >= 11 is 0. The Morgan fingerprint density at radius 1 is 1.03 bits per heavy atom. The number of rotatable bonds is 6. The Balaban J connectivity index is 1.85. The summed E-state index contributed by atoms with van der Waals surface area (Å²) in [6.45, 7) is 2.96. The molecule has 168 valence electrons. The molecule has 0 bridgehead atoms. The molecule has 0 saturated heterocycles. The second kappa shape index (κ2) is 9.12. The van der Waals surface area contributed by atoms with Crippen LogP contribution >= 0.6 is 0 Å². The standard InChI is InChI=1S/C27H20FN3O3/c1-15(27(33)34)30-26-22-13-21(28)10-11-24(22)31-25(23(26)14-29)18-8-6-17(7-9-18)20-5-3-4-19(12-20)16(2)32/h3-13,15H,1-2H3,(H,30,31)(H,33,34). The van der Waals surface area contributed by atoms with Gasteiger partial charge in [-0.15, -0.1) is 0 Å². The van der Waals surface area contributed by atoms with Gasteiger partial charge < -0.3 is 10.4 Å². The minimum Gasteiger partial charge on any atom is -0.480 e. The first-order chi connectivity index (χ1) is 16.3. The van der Waals surface area contributed by atoms with E-state index in [0.717, 1.165) is 11.1 Å². The zero-order valence-electron chi connectivity index (χ0n) is 18.5. The molecule has 0 radical (unpaired) electrons. The topological polar surface area (TPSA) is 103 Å². The summed E-state index contributed by atoms with van der Waals surface area (Å²) in [5.41, 5.74) is 4.12. The van der Waals surface area contributed by atoms with E-state index in [4.69, 9.17) is 0 Å². The lowest BCUT2D eigenvalue weighted by Crippen LogP contribution is -2.26. The molecular formula is C27H20FN3O3. The van der Waals surface area contributed by atoms with Crippen LogP contribution in [0.3, 0.4) is 0 Å². The highest BCUT2D eigenvalue weighted by molar-refractivity contribution is 5.99. The van der Waals surface area contributed by atoms with Crippen molar-refractivity contribution in [3.63, 3.8) is 0 Å². The summed E-state index contributed by atoms with van der Waals surface area (Å²) in [4.78, 5) is 27.7. The number of Topliss-reactive ketones (excluding diaryl/α,β-unsaturated/α-hetero) is 1. The molecule has 7 heteroatoms. The number of hydrogen-bond acceptors (Lipinski definition) is 5. The Hall–Kier alpha value is -4.57. The maximum atomic E-state index is 14.0. The van der Waals surface area contributed by atoms with Gasteiger partial charge in [-0.05, 0) is 49.2 Å². The highest BCUT2D eigenvalue weighted by Crippen LogP contribution is 2.35. The lowest BCUT2D eigenvalue weighted by molar-refractivity contribution is -0.137. The number of carboxylic acids is 1. The highest BCUT2D eigenvalue weighted by Gasteiger charge is 2.21. The van der Waals surface area contributed by atoms with Crippen LogP contribution in [0.15, 0.2) is 66.7 Å². The monoisotopic (exact) mass is 453 g/mol. The normalized spacial score (nSPS) is 11.6. The van der Waals surface area contributed by atoms with Crippen LogP contribution in [0.1, 0.15) is 29.8 Å². The van der Waals surface area contributed by atoms with E-state index in [1.54, 1.807) is 18.2 Å². The third kappa shape index (κ3) is 4.34. The number of aromatic nitrogens is 1. The van der Waals surface area contributed by atoms with Crippen molar-refractivity contribution >= 4 is 28.3 Å². The van der Waals surface area contributed by atoms with Gasteiger partial charge in [0.05, 0.1) is 16.9 Å². The van der Waals surface area contributed by atoms with Crippen LogP contribution < -0.4 is 5.32 Å². The molecule has 6 nitrogen and oxygen atoms in total. The van der Waals surface area contributed by atoms with Crippen molar-refractivity contribution in [3.05, 3.63) is 83.7 Å². The minimum absolute atomic E-state index is 0.0236. The van der Waals surface area contributed by atoms with E-state index in [9.17, 15) is 24.3 Å². The van der Waals surface area contributed by atoms with Crippen LogP contribution in [0.5, 0.6) is 0 Å². The lowest BCUT2D eigenvalue weighted by Gasteiger charge is -2.17. The molecular weight excluding hydrogens is 433 g/mol. The number of hydrogen-bond donors (Lipinski definition) is 2. The number of nitriles is 1. The summed E-state index contributed by atoms with van der Waals surface area (Å²) < 4.78 is 14.0. The Kier molecular flexibility index (Phi) is 6.07. The number of carbonyl (C=O) groups is 2. The first kappa shape index (κ1) is 22.6. The number of nitrogens with zero attached hydrogens (tertiary/aromatic N) is 2. The van der Waals surface area contributed by atoms with E-state index in [1.807, 2.05) is 30.3 Å². The molecule has 0 saturated carbocycles. The van der Waals surface area contributed by atoms with Gasteiger partial charge in [-0.2, -0.15) is 5.26 Å². The Morgan fingerprint density at radius 3 is 2.38 bits per heavy atom. The average Bonchev–Trinajstić information content (AvgIpc) is 2.84. The fourth-order valence-electron chi connectivity index (χ4n) is 3.72. The van der Waals surface area contributed by atoms with Crippen LogP contribution in [-0.2, 0) is 4.79 Å². The minimum atomic E-state index is -1.11. The number of halogens is 1. The third-order valence-corrected chi connectivity index (χ3v) is 5.55. The van der Waals surface area contributed by atoms with Crippen LogP contribution in [0.25, 0.3) is 33.3 Å². The first-order valence-electron chi connectivity index (χ1n) is 10.5. The summed E-state index contributed by atoms with van der Waals surface area (Å²) in [5, 5.41) is 22.5. The number of benzene rings is 3. The molecule has 0 fully saturated rings. The molecule has 0 spiro atoms. The second-order valence-corrected chi connectivity index (χ2v) is 7.90. The Labute approximate surface area is 195 Å². The highest BCUT2D eigenvalue weighted by atomic mass is 19.1. The molecule has 1 aromatic heterocycles. The zero-order chi connectivity index (χ0) is 24.4. The summed E-state index contributed by atoms with van der Waals surface area (Å²) in [5.74, 6) is -1.65. The fourth-order valence-corrected chi connectivity index (χ4v) is 3.72. The van der Waals surface area contributed by atoms with Crippen LogP contribution in [0, 0.1) is 17.1 Å². The number of ketones is 1. The van der Waals surface area contributed by atoms with Gasteiger partial charge in [0, 0.05) is 16.5 Å². The van der Waals surface area contributed by atoms with Crippen molar-refractivity contribution in [1.82, 2.24) is 4.98 Å². The Bertz CT molecular complexity index is 1470. The molecule has 3 aromatic carbocycles. The van der Waals surface area contributed by atoms with Crippen molar-refractivity contribution in [2.45, 2.75) is 19.9 Å². The number of anilines is 1. The van der Waals surface area contributed by atoms with Gasteiger partial charge in [0.15, 0.2) is 5.78 Å². The fraction of sp³-hybridized carbons (Fsp3) is 0.111. The maximum Gasteiger partial charge on any atom is 0.325 e. The van der Waals surface area contributed by atoms with Gasteiger partial charge in [-0.25, -0.2) is 9.37 Å². The molecule has 1 atom stereocenters. The third-order valence-electron chi connectivity index (χ3n) is 5.55. The van der Waals surface area contributed by atoms with E-state index in [0.29, 0.717) is 27.7 Å². The van der Waals surface area contributed by atoms with Crippen molar-refractivity contribution < 1.29 is 19.1 Å². The Morgan fingerprint density at radius 2 is 1.74 bits per heavy atom. The molecule has 4 rings (SSSR count). The molecule has 1 unspecified atom stereocenters.